The summed E-state index contributed by atoms with van der Waals surface area (Å²) >= 11 is 0. The van der Waals surface area contributed by atoms with Crippen molar-refractivity contribution in [1.82, 2.24) is 9.88 Å². The Morgan fingerprint density at radius 3 is 2.96 bits per heavy atom. The lowest BCUT2D eigenvalue weighted by atomic mass is 10.3. The van der Waals surface area contributed by atoms with Crippen molar-refractivity contribution in [3.8, 4) is 5.88 Å². The Balaban J connectivity index is 1.62. The van der Waals surface area contributed by atoms with Gasteiger partial charge in [0.25, 0.3) is 5.91 Å². The summed E-state index contributed by atoms with van der Waals surface area (Å²) in [5.74, 6) is -0.324. The third kappa shape index (κ3) is 3.31. The molecule has 1 aliphatic rings. The molecule has 0 aliphatic carbocycles. The van der Waals surface area contributed by atoms with Crippen LogP contribution in [0, 0.1) is 17.0 Å². The van der Waals surface area contributed by atoms with E-state index in [9.17, 15) is 14.9 Å². The van der Waals surface area contributed by atoms with E-state index in [2.05, 4.69) is 4.98 Å². The van der Waals surface area contributed by atoms with E-state index in [-0.39, 0.29) is 17.8 Å². The van der Waals surface area contributed by atoms with Crippen molar-refractivity contribution >= 4 is 11.8 Å². The van der Waals surface area contributed by atoms with Crippen molar-refractivity contribution in [2.45, 2.75) is 19.4 Å². The molecule has 1 aliphatic heterocycles. The van der Waals surface area contributed by atoms with E-state index in [4.69, 9.17) is 9.15 Å². The summed E-state index contributed by atoms with van der Waals surface area (Å²) in [6.07, 6.45) is 0.516. The fourth-order valence-electron chi connectivity index (χ4n) is 2.46. The Bertz CT molecular complexity index is 742. The number of aromatic nitrogens is 1. The van der Waals surface area contributed by atoms with Crippen molar-refractivity contribution in [3.05, 3.63) is 51.9 Å². The molecule has 8 heteroatoms. The summed E-state index contributed by atoms with van der Waals surface area (Å²) < 4.78 is 10.7. The van der Waals surface area contributed by atoms with Crippen LogP contribution in [-0.2, 0) is 0 Å². The number of aryl methyl sites for hydroxylation is 1. The second kappa shape index (κ2) is 6.07. The molecule has 1 saturated heterocycles. The van der Waals surface area contributed by atoms with Crippen LogP contribution in [0.4, 0.5) is 5.88 Å². The lowest BCUT2D eigenvalue weighted by Crippen LogP contribution is -2.30. The highest BCUT2D eigenvalue weighted by Gasteiger charge is 2.31. The van der Waals surface area contributed by atoms with Crippen molar-refractivity contribution in [3.63, 3.8) is 0 Å². The summed E-state index contributed by atoms with van der Waals surface area (Å²) in [6, 6.07) is 8.00. The first-order valence-electron chi connectivity index (χ1n) is 7.17. The van der Waals surface area contributed by atoms with Gasteiger partial charge in [0.1, 0.15) is 11.0 Å². The third-order valence-corrected chi connectivity index (χ3v) is 3.56. The quantitative estimate of drug-likeness (QED) is 0.633. The lowest BCUT2D eigenvalue weighted by Gasteiger charge is -2.15. The summed E-state index contributed by atoms with van der Waals surface area (Å²) in [6.45, 7) is 2.77. The fourth-order valence-corrected chi connectivity index (χ4v) is 2.46. The second-order valence-electron chi connectivity index (χ2n) is 5.29. The molecule has 1 fully saturated rings. The van der Waals surface area contributed by atoms with Crippen molar-refractivity contribution in [2.75, 3.05) is 13.1 Å². The predicted octanol–water partition coefficient (Wildman–Crippen LogP) is 2.18. The Morgan fingerprint density at radius 2 is 2.26 bits per heavy atom. The summed E-state index contributed by atoms with van der Waals surface area (Å²) in [5.41, 5.74) is 0.858. The number of nitrogens with zero attached hydrogens (tertiary/aromatic N) is 3. The van der Waals surface area contributed by atoms with Gasteiger partial charge in [-0.1, -0.05) is 6.07 Å². The average Bonchev–Trinajstić information content (AvgIpc) is 3.15. The minimum Gasteiger partial charge on any atom is -0.472 e. The van der Waals surface area contributed by atoms with Gasteiger partial charge in [0.15, 0.2) is 5.76 Å². The molecule has 1 unspecified atom stereocenters. The molecule has 8 nitrogen and oxygen atoms in total. The van der Waals surface area contributed by atoms with E-state index < -0.39 is 10.8 Å². The van der Waals surface area contributed by atoms with E-state index >= 15 is 0 Å². The van der Waals surface area contributed by atoms with Crippen molar-refractivity contribution in [1.29, 1.82) is 0 Å². The van der Waals surface area contributed by atoms with Crippen LogP contribution in [0.2, 0.25) is 0 Å². The van der Waals surface area contributed by atoms with Crippen molar-refractivity contribution in [2.24, 2.45) is 0 Å². The van der Waals surface area contributed by atoms with Crippen LogP contribution in [0.25, 0.3) is 0 Å². The molecule has 0 radical (unpaired) electrons. The molecule has 0 aromatic carbocycles. The molecule has 0 bridgehead atoms. The highest BCUT2D eigenvalue weighted by atomic mass is 16.6. The van der Waals surface area contributed by atoms with Gasteiger partial charge in [-0.2, -0.15) is 0 Å². The van der Waals surface area contributed by atoms with Gasteiger partial charge in [0.2, 0.25) is 5.88 Å². The number of hydrogen-bond donors (Lipinski definition) is 0. The summed E-state index contributed by atoms with van der Waals surface area (Å²) in [7, 11) is 0. The zero-order valence-corrected chi connectivity index (χ0v) is 12.5. The highest BCUT2D eigenvalue weighted by Crippen LogP contribution is 2.21. The van der Waals surface area contributed by atoms with Gasteiger partial charge in [-0.15, -0.1) is 0 Å². The number of hydrogen-bond acceptors (Lipinski definition) is 6. The Morgan fingerprint density at radius 1 is 1.43 bits per heavy atom. The number of carbonyl (C=O) groups is 1. The molecule has 0 spiro atoms. The molecule has 0 N–H and O–H groups in total. The minimum absolute atomic E-state index is 0.0361. The normalized spacial score (nSPS) is 17.3. The van der Waals surface area contributed by atoms with Crippen LogP contribution in [0.15, 0.2) is 34.7 Å². The van der Waals surface area contributed by atoms with Gasteiger partial charge in [0.05, 0.1) is 12.6 Å². The monoisotopic (exact) mass is 317 g/mol. The molecule has 120 valence electrons. The minimum atomic E-state index is -0.671. The van der Waals surface area contributed by atoms with Crippen LogP contribution in [-0.4, -0.2) is 39.9 Å². The highest BCUT2D eigenvalue weighted by molar-refractivity contribution is 5.92. The number of ether oxygens (including phenoxy) is 1. The van der Waals surface area contributed by atoms with Crippen molar-refractivity contribution < 1.29 is 18.9 Å². The first kappa shape index (κ1) is 15.0. The molecule has 1 amide bonds. The van der Waals surface area contributed by atoms with Gasteiger partial charge in [0, 0.05) is 24.7 Å². The Hall–Kier alpha value is -2.90. The number of amides is 1. The standard InChI is InChI=1S/C15H15N3O5/c1-10-3-2-4-13(16-10)22-11-7-8-17(9-11)15(19)12-5-6-14(23-12)18(20)21/h2-6,11H,7-9H2,1H3. The topological polar surface area (TPSA) is 98.7 Å². The van der Waals surface area contributed by atoms with Gasteiger partial charge in [-0.3, -0.25) is 14.9 Å². The average molecular weight is 317 g/mol. The molecule has 3 rings (SSSR count). The fraction of sp³-hybridized carbons (Fsp3) is 0.333. The molecule has 2 aromatic heterocycles. The van der Waals surface area contributed by atoms with E-state index in [0.29, 0.717) is 25.4 Å². The molecular formula is C15H15N3O5. The number of furan rings is 1. The van der Waals surface area contributed by atoms with Crippen LogP contribution >= 0.6 is 0 Å². The van der Waals surface area contributed by atoms with E-state index in [1.807, 2.05) is 19.1 Å². The number of pyridine rings is 1. The summed E-state index contributed by atoms with van der Waals surface area (Å²) in [4.78, 5) is 28.0. The maximum absolute atomic E-state index is 12.3. The molecule has 1 atom stereocenters. The SMILES string of the molecule is Cc1cccc(OC2CCN(C(=O)c3ccc([N+](=O)[O-])o3)C2)n1. The molecule has 3 heterocycles. The summed E-state index contributed by atoms with van der Waals surface area (Å²) in [5, 5.41) is 10.6. The molecule has 0 saturated carbocycles. The number of likely N-dealkylation sites (tertiary alicyclic amines) is 1. The zero-order valence-electron chi connectivity index (χ0n) is 12.5. The van der Waals surface area contributed by atoms with Gasteiger partial charge in [-0.25, -0.2) is 4.98 Å². The maximum atomic E-state index is 12.3. The maximum Gasteiger partial charge on any atom is 0.433 e. The largest absolute Gasteiger partial charge is 0.472 e. The second-order valence-corrected chi connectivity index (χ2v) is 5.29. The lowest BCUT2D eigenvalue weighted by molar-refractivity contribution is -0.402. The molecule has 23 heavy (non-hydrogen) atoms. The van der Waals surface area contributed by atoms with Gasteiger partial charge >= 0.3 is 5.88 Å². The van der Waals surface area contributed by atoms with Crippen LogP contribution in [0.5, 0.6) is 5.88 Å². The van der Waals surface area contributed by atoms with Crippen LogP contribution in [0.3, 0.4) is 0 Å². The van der Waals surface area contributed by atoms with E-state index in [1.165, 1.54) is 12.1 Å². The van der Waals surface area contributed by atoms with Gasteiger partial charge in [-0.05, 0) is 19.1 Å². The third-order valence-electron chi connectivity index (χ3n) is 3.56. The predicted molar refractivity (Wildman–Crippen MR) is 79.3 cm³/mol. The van der Waals surface area contributed by atoms with E-state index in [1.54, 1.807) is 11.0 Å². The Kier molecular flexibility index (Phi) is 3.96. The first-order valence-corrected chi connectivity index (χ1v) is 7.17. The number of carbonyl (C=O) groups excluding carboxylic acids is 1. The van der Waals surface area contributed by atoms with Crippen LogP contribution in [0.1, 0.15) is 22.7 Å². The van der Waals surface area contributed by atoms with Gasteiger partial charge < -0.3 is 14.1 Å². The Labute approximate surface area is 131 Å². The number of nitro groups is 1. The first-order chi connectivity index (χ1) is 11.0. The smallest absolute Gasteiger partial charge is 0.433 e. The zero-order chi connectivity index (χ0) is 16.4. The molecular weight excluding hydrogens is 302 g/mol. The number of rotatable bonds is 4. The van der Waals surface area contributed by atoms with Crippen LogP contribution < -0.4 is 4.74 Å². The van der Waals surface area contributed by atoms with E-state index in [0.717, 1.165) is 5.69 Å². The molecule has 2 aromatic rings.